The van der Waals surface area contributed by atoms with Gasteiger partial charge in [-0.1, -0.05) is 18.2 Å². The van der Waals surface area contributed by atoms with Crippen LogP contribution in [-0.4, -0.2) is 34.8 Å². The summed E-state index contributed by atoms with van der Waals surface area (Å²) >= 11 is 0. The Morgan fingerprint density at radius 2 is 1.71 bits per heavy atom. The zero-order chi connectivity index (χ0) is 20.1. The number of rotatable bonds is 7. The van der Waals surface area contributed by atoms with E-state index in [1.807, 2.05) is 12.1 Å². The summed E-state index contributed by atoms with van der Waals surface area (Å²) in [6.45, 7) is 4.17. The number of hydrogen-bond acceptors (Lipinski definition) is 6. The number of carbonyl (C=O) groups excluding carboxylic acids is 1. The van der Waals surface area contributed by atoms with Crippen molar-refractivity contribution >= 4 is 17.4 Å². The predicted molar refractivity (Wildman–Crippen MR) is 113 cm³/mol. The van der Waals surface area contributed by atoms with Crippen LogP contribution in [0.3, 0.4) is 0 Å². The SMILES string of the molecule is CNc1nc(-c2cccnc2)nc(NC)c1C(=O)CCc1ccc(C)c(C)c1. The molecule has 0 amide bonds. The van der Waals surface area contributed by atoms with E-state index in [2.05, 4.69) is 57.6 Å². The normalized spacial score (nSPS) is 10.6. The minimum Gasteiger partial charge on any atom is -0.372 e. The van der Waals surface area contributed by atoms with Crippen LogP contribution < -0.4 is 10.6 Å². The smallest absolute Gasteiger partial charge is 0.170 e. The molecule has 0 saturated carbocycles. The Morgan fingerprint density at radius 3 is 2.29 bits per heavy atom. The van der Waals surface area contributed by atoms with E-state index in [1.165, 1.54) is 11.1 Å². The van der Waals surface area contributed by atoms with Crippen LogP contribution in [-0.2, 0) is 6.42 Å². The highest BCUT2D eigenvalue weighted by molar-refractivity contribution is 6.05. The van der Waals surface area contributed by atoms with Gasteiger partial charge in [0.15, 0.2) is 11.6 Å². The third-order valence-corrected chi connectivity index (χ3v) is 4.79. The van der Waals surface area contributed by atoms with Crippen molar-refractivity contribution in [2.45, 2.75) is 26.7 Å². The highest BCUT2D eigenvalue weighted by atomic mass is 16.1. The van der Waals surface area contributed by atoms with Crippen LogP contribution in [0.4, 0.5) is 11.6 Å². The highest BCUT2D eigenvalue weighted by Crippen LogP contribution is 2.27. The standard InChI is InChI=1S/C22H25N5O/c1-14-7-8-16(12-15(14)2)9-10-18(28)19-21(23-3)26-20(27-22(19)24-4)17-6-5-11-25-13-17/h5-8,11-13H,9-10H2,1-4H3,(H2,23,24,26,27). The molecule has 6 nitrogen and oxygen atoms in total. The molecule has 0 saturated heterocycles. The Hall–Kier alpha value is -3.28. The number of benzene rings is 1. The van der Waals surface area contributed by atoms with Gasteiger partial charge in [0.2, 0.25) is 0 Å². The number of nitrogens with one attached hydrogen (secondary N) is 2. The van der Waals surface area contributed by atoms with Gasteiger partial charge in [-0.15, -0.1) is 0 Å². The largest absolute Gasteiger partial charge is 0.372 e. The Balaban J connectivity index is 1.89. The van der Waals surface area contributed by atoms with Crippen LogP contribution in [0.1, 0.15) is 33.5 Å². The third kappa shape index (κ3) is 4.17. The maximum atomic E-state index is 13.0. The van der Waals surface area contributed by atoms with Gasteiger partial charge in [0.1, 0.15) is 17.2 Å². The van der Waals surface area contributed by atoms with Crippen LogP contribution in [0.15, 0.2) is 42.7 Å². The van der Waals surface area contributed by atoms with Crippen molar-refractivity contribution < 1.29 is 4.79 Å². The van der Waals surface area contributed by atoms with E-state index in [9.17, 15) is 4.79 Å². The van der Waals surface area contributed by atoms with Crippen molar-refractivity contribution in [3.05, 3.63) is 65.0 Å². The van der Waals surface area contributed by atoms with E-state index in [1.54, 1.807) is 26.5 Å². The summed E-state index contributed by atoms with van der Waals surface area (Å²) in [5.41, 5.74) is 4.93. The summed E-state index contributed by atoms with van der Waals surface area (Å²) in [5.74, 6) is 1.56. The summed E-state index contributed by atoms with van der Waals surface area (Å²) in [5, 5.41) is 6.09. The van der Waals surface area contributed by atoms with Crippen LogP contribution in [0.25, 0.3) is 11.4 Å². The second-order valence-corrected chi connectivity index (χ2v) is 6.70. The number of hydrogen-bond donors (Lipinski definition) is 2. The molecule has 0 aliphatic rings. The quantitative estimate of drug-likeness (QED) is 0.607. The number of Topliss-reactive ketones (excluding diaryl/α,β-unsaturated/α-hetero) is 1. The first-order chi connectivity index (χ1) is 13.5. The van der Waals surface area contributed by atoms with E-state index in [-0.39, 0.29) is 5.78 Å². The van der Waals surface area contributed by atoms with E-state index in [0.29, 0.717) is 35.9 Å². The van der Waals surface area contributed by atoms with Crippen LogP contribution in [0, 0.1) is 13.8 Å². The van der Waals surface area contributed by atoms with Crippen molar-refractivity contribution in [2.24, 2.45) is 0 Å². The molecule has 3 rings (SSSR count). The van der Waals surface area contributed by atoms with Crippen molar-refractivity contribution in [2.75, 3.05) is 24.7 Å². The minimum atomic E-state index is 0.00432. The van der Waals surface area contributed by atoms with Gasteiger partial charge in [0, 0.05) is 38.5 Å². The maximum Gasteiger partial charge on any atom is 0.170 e. The molecule has 0 aliphatic heterocycles. The highest BCUT2D eigenvalue weighted by Gasteiger charge is 2.20. The molecule has 144 valence electrons. The van der Waals surface area contributed by atoms with Crippen molar-refractivity contribution in [1.29, 1.82) is 0 Å². The average Bonchev–Trinajstić information content (AvgIpc) is 2.73. The van der Waals surface area contributed by atoms with E-state index >= 15 is 0 Å². The zero-order valence-corrected chi connectivity index (χ0v) is 16.7. The minimum absolute atomic E-state index is 0.00432. The summed E-state index contributed by atoms with van der Waals surface area (Å²) < 4.78 is 0. The first kappa shape index (κ1) is 19.5. The molecule has 0 atom stereocenters. The third-order valence-electron chi connectivity index (χ3n) is 4.79. The van der Waals surface area contributed by atoms with Crippen LogP contribution in [0.5, 0.6) is 0 Å². The van der Waals surface area contributed by atoms with Crippen LogP contribution >= 0.6 is 0 Å². The summed E-state index contributed by atoms with van der Waals surface area (Å²) in [4.78, 5) is 26.2. The molecule has 0 unspecified atom stereocenters. The number of aromatic nitrogens is 3. The number of ketones is 1. The maximum absolute atomic E-state index is 13.0. The first-order valence-corrected chi connectivity index (χ1v) is 9.30. The molecular formula is C22H25N5O. The second-order valence-electron chi connectivity index (χ2n) is 6.70. The molecule has 0 fully saturated rings. The molecule has 0 spiro atoms. The molecule has 2 aromatic heterocycles. The molecule has 2 N–H and O–H groups in total. The second kappa shape index (κ2) is 8.61. The lowest BCUT2D eigenvalue weighted by Gasteiger charge is -2.14. The Morgan fingerprint density at radius 1 is 1.00 bits per heavy atom. The van der Waals surface area contributed by atoms with Gasteiger partial charge in [-0.3, -0.25) is 9.78 Å². The summed E-state index contributed by atoms with van der Waals surface area (Å²) in [6.07, 6.45) is 4.47. The van der Waals surface area contributed by atoms with Crippen molar-refractivity contribution in [3.63, 3.8) is 0 Å². The van der Waals surface area contributed by atoms with Crippen molar-refractivity contribution in [1.82, 2.24) is 15.0 Å². The molecule has 0 radical (unpaired) electrons. The molecule has 28 heavy (non-hydrogen) atoms. The van der Waals surface area contributed by atoms with Gasteiger partial charge < -0.3 is 10.6 Å². The lowest BCUT2D eigenvalue weighted by Crippen LogP contribution is -2.13. The summed E-state index contributed by atoms with van der Waals surface area (Å²) in [6, 6.07) is 10.0. The monoisotopic (exact) mass is 375 g/mol. The van der Waals surface area contributed by atoms with Crippen molar-refractivity contribution in [3.8, 4) is 11.4 Å². The number of anilines is 2. The number of nitrogens with zero attached hydrogens (tertiary/aromatic N) is 3. The lowest BCUT2D eigenvalue weighted by molar-refractivity contribution is 0.0984. The molecular weight excluding hydrogens is 350 g/mol. The van der Waals surface area contributed by atoms with Gasteiger partial charge in [0.25, 0.3) is 0 Å². The fourth-order valence-electron chi connectivity index (χ4n) is 3.05. The molecule has 2 heterocycles. The zero-order valence-electron chi connectivity index (χ0n) is 16.7. The lowest BCUT2D eigenvalue weighted by atomic mass is 10.00. The fraction of sp³-hybridized carbons (Fsp3) is 0.273. The molecule has 0 bridgehead atoms. The molecule has 1 aromatic carbocycles. The molecule has 6 heteroatoms. The van der Waals surface area contributed by atoms with Gasteiger partial charge in [-0.05, 0) is 49.1 Å². The first-order valence-electron chi connectivity index (χ1n) is 9.30. The molecule has 3 aromatic rings. The number of carbonyl (C=O) groups is 1. The van der Waals surface area contributed by atoms with E-state index in [0.717, 1.165) is 11.1 Å². The number of aryl methyl sites for hydroxylation is 3. The van der Waals surface area contributed by atoms with Gasteiger partial charge >= 0.3 is 0 Å². The number of pyridine rings is 1. The van der Waals surface area contributed by atoms with Gasteiger partial charge in [-0.25, -0.2) is 9.97 Å². The summed E-state index contributed by atoms with van der Waals surface area (Å²) in [7, 11) is 3.52. The Bertz CT molecular complexity index is 960. The fourth-order valence-corrected chi connectivity index (χ4v) is 3.05. The van der Waals surface area contributed by atoms with E-state index in [4.69, 9.17) is 0 Å². The topological polar surface area (TPSA) is 79.8 Å². The van der Waals surface area contributed by atoms with Gasteiger partial charge in [0.05, 0.1) is 0 Å². The predicted octanol–water partition coefficient (Wildman–Crippen LogP) is 4.05. The van der Waals surface area contributed by atoms with Gasteiger partial charge in [-0.2, -0.15) is 0 Å². The van der Waals surface area contributed by atoms with Crippen LogP contribution in [0.2, 0.25) is 0 Å². The van der Waals surface area contributed by atoms with E-state index < -0.39 is 0 Å². The molecule has 0 aliphatic carbocycles. The average molecular weight is 375 g/mol. The Kier molecular flexibility index (Phi) is 5.99. The Labute approximate surface area is 165 Å².